The van der Waals surface area contributed by atoms with Gasteiger partial charge in [-0.2, -0.15) is 0 Å². The molecule has 0 N–H and O–H groups in total. The average Bonchev–Trinajstić information content (AvgIpc) is 3.45. The molecule has 5 nitrogen and oxygen atoms in total. The molecule has 0 aliphatic carbocycles. The Hall–Kier alpha value is -2.92. The van der Waals surface area contributed by atoms with Crippen LogP contribution in [0.15, 0.2) is 36.7 Å². The minimum absolute atomic E-state index is 0.115. The van der Waals surface area contributed by atoms with Crippen LogP contribution in [0.4, 0.5) is 10.2 Å². The molecule has 1 unspecified atom stereocenters. The molecule has 0 aromatic carbocycles. The van der Waals surface area contributed by atoms with E-state index in [1.54, 1.807) is 21.8 Å². The maximum Gasteiger partial charge on any atom is 0.272 e. The molecule has 0 saturated carbocycles. The number of anilines is 1. The van der Waals surface area contributed by atoms with Gasteiger partial charge in [0, 0.05) is 47.3 Å². The second-order valence-corrected chi connectivity index (χ2v) is 9.03. The Labute approximate surface area is 178 Å². The molecule has 30 heavy (non-hydrogen) atoms. The van der Waals surface area contributed by atoms with Gasteiger partial charge in [-0.25, -0.2) is 19.6 Å². The topological polar surface area (TPSA) is 57.2 Å². The molecule has 1 saturated heterocycles. The molecule has 0 spiro atoms. The number of hydrogen-bond donors (Lipinski definition) is 0. The zero-order valence-electron chi connectivity index (χ0n) is 17.0. The first kappa shape index (κ1) is 19.1. The SMILES string of the molecule is CCB(C#N)C1CCN(c2ccc3cc(-c4cc(F)c5nc(C)cn5c4)sc3n2)C1. The summed E-state index contributed by atoms with van der Waals surface area (Å²) in [4.78, 5) is 13.3. The summed E-state index contributed by atoms with van der Waals surface area (Å²) < 4.78 is 16.2. The van der Waals surface area contributed by atoms with E-state index in [2.05, 4.69) is 41.0 Å². The normalized spacial score (nSPS) is 16.5. The van der Waals surface area contributed by atoms with Gasteiger partial charge in [-0.15, -0.1) is 11.3 Å². The van der Waals surface area contributed by atoms with Crippen molar-refractivity contribution in [2.24, 2.45) is 0 Å². The van der Waals surface area contributed by atoms with Gasteiger partial charge in [0.05, 0.1) is 5.69 Å². The highest BCUT2D eigenvalue weighted by Crippen LogP contribution is 2.36. The molecule has 150 valence electrons. The van der Waals surface area contributed by atoms with Crippen molar-refractivity contribution in [1.29, 1.82) is 5.26 Å². The third-order valence-electron chi connectivity index (χ3n) is 6.00. The number of pyridine rings is 2. The monoisotopic (exact) mass is 417 g/mol. The van der Waals surface area contributed by atoms with E-state index in [0.29, 0.717) is 11.5 Å². The summed E-state index contributed by atoms with van der Waals surface area (Å²) in [6.07, 6.45) is 5.68. The first-order valence-corrected chi connectivity index (χ1v) is 11.1. The predicted molar refractivity (Wildman–Crippen MR) is 121 cm³/mol. The number of rotatable bonds is 4. The molecule has 1 atom stereocenters. The molecule has 0 bridgehead atoms. The molecule has 1 fully saturated rings. The van der Waals surface area contributed by atoms with Gasteiger partial charge in [0.25, 0.3) is 6.71 Å². The van der Waals surface area contributed by atoms with Crippen molar-refractivity contribution in [3.8, 4) is 16.4 Å². The summed E-state index contributed by atoms with van der Waals surface area (Å²) in [6.45, 7) is 5.87. The van der Waals surface area contributed by atoms with Crippen LogP contribution >= 0.6 is 11.3 Å². The third-order valence-corrected chi connectivity index (χ3v) is 7.10. The fourth-order valence-electron chi connectivity index (χ4n) is 4.39. The second-order valence-electron chi connectivity index (χ2n) is 8.00. The highest BCUT2D eigenvalue weighted by atomic mass is 32.1. The number of aromatic nitrogens is 3. The molecule has 5 heterocycles. The number of fused-ring (bicyclic) bond motifs is 2. The van der Waals surface area contributed by atoms with Crippen molar-refractivity contribution < 1.29 is 4.39 Å². The van der Waals surface area contributed by atoms with Crippen molar-refractivity contribution in [3.05, 3.63) is 48.2 Å². The van der Waals surface area contributed by atoms with Gasteiger partial charge in [0.15, 0.2) is 11.5 Å². The zero-order chi connectivity index (χ0) is 20.8. The quantitative estimate of drug-likeness (QED) is 0.428. The third kappa shape index (κ3) is 3.23. The summed E-state index contributed by atoms with van der Waals surface area (Å²) >= 11 is 1.57. The van der Waals surface area contributed by atoms with Crippen molar-refractivity contribution >= 4 is 39.7 Å². The molecule has 4 aromatic rings. The maximum absolute atomic E-state index is 14.5. The average molecular weight is 417 g/mol. The van der Waals surface area contributed by atoms with Gasteiger partial charge in [0.1, 0.15) is 10.6 Å². The van der Waals surface area contributed by atoms with Crippen molar-refractivity contribution in [1.82, 2.24) is 14.4 Å². The Morgan fingerprint density at radius 1 is 1.30 bits per heavy atom. The Bertz CT molecular complexity index is 1290. The smallest absolute Gasteiger partial charge is 0.272 e. The van der Waals surface area contributed by atoms with Crippen molar-refractivity contribution in [3.63, 3.8) is 0 Å². The van der Waals surface area contributed by atoms with Crippen LogP contribution < -0.4 is 4.90 Å². The van der Waals surface area contributed by atoms with E-state index in [-0.39, 0.29) is 12.5 Å². The lowest BCUT2D eigenvalue weighted by Crippen LogP contribution is -2.24. The number of thiophene rings is 1. The van der Waals surface area contributed by atoms with Crippen molar-refractivity contribution in [2.45, 2.75) is 32.4 Å². The number of aryl methyl sites for hydroxylation is 1. The molecule has 1 aliphatic heterocycles. The molecule has 0 amide bonds. The van der Waals surface area contributed by atoms with Crippen LogP contribution in [-0.4, -0.2) is 34.2 Å². The molecule has 0 radical (unpaired) electrons. The maximum atomic E-state index is 14.5. The molecule has 8 heteroatoms. The Morgan fingerprint density at radius 3 is 2.97 bits per heavy atom. The Kier molecular flexibility index (Phi) is 4.71. The molecule has 1 aliphatic rings. The van der Waals surface area contributed by atoms with E-state index in [9.17, 15) is 9.65 Å². The van der Waals surface area contributed by atoms with Gasteiger partial charge in [-0.1, -0.05) is 13.2 Å². The van der Waals surface area contributed by atoms with E-state index in [0.717, 1.165) is 58.0 Å². The number of nitrogens with zero attached hydrogens (tertiary/aromatic N) is 5. The minimum atomic E-state index is -0.321. The van der Waals surface area contributed by atoms with E-state index >= 15 is 0 Å². The Balaban J connectivity index is 1.46. The van der Waals surface area contributed by atoms with Crippen LogP contribution in [0.3, 0.4) is 0 Å². The fraction of sp³-hybridized carbons (Fsp3) is 0.318. The lowest BCUT2D eigenvalue weighted by Gasteiger charge is -2.18. The molecular formula is C22H21BFN5S. The summed E-state index contributed by atoms with van der Waals surface area (Å²) in [5.74, 6) is 3.50. The number of halogens is 1. The standard InChI is InChI=1S/C22H21BFN5S/c1-3-23(13-25)17-6-7-28(12-17)20-5-4-15-9-19(30-22(15)27-20)16-8-18(24)21-26-14(2)10-29(21)11-16/h4-5,8-11,17H,3,6-7,12H2,1-2H3. The summed E-state index contributed by atoms with van der Waals surface area (Å²) in [5, 5.41) is 10.4. The van der Waals surface area contributed by atoms with Gasteiger partial charge >= 0.3 is 0 Å². The van der Waals surface area contributed by atoms with Crippen LogP contribution in [0.25, 0.3) is 26.3 Å². The van der Waals surface area contributed by atoms with E-state index in [4.69, 9.17) is 4.98 Å². The molecule has 5 rings (SSSR count). The minimum Gasteiger partial charge on any atom is -0.357 e. The first-order chi connectivity index (χ1) is 14.6. The summed E-state index contributed by atoms with van der Waals surface area (Å²) in [7, 11) is 0. The highest BCUT2D eigenvalue weighted by Gasteiger charge is 2.32. The van der Waals surface area contributed by atoms with E-state index < -0.39 is 0 Å². The zero-order valence-corrected chi connectivity index (χ0v) is 17.8. The predicted octanol–water partition coefficient (Wildman–Crippen LogP) is 5.22. The fourth-order valence-corrected chi connectivity index (χ4v) is 5.40. The van der Waals surface area contributed by atoms with Crippen LogP contribution in [0.1, 0.15) is 19.0 Å². The van der Waals surface area contributed by atoms with Crippen LogP contribution in [0.2, 0.25) is 12.1 Å². The Morgan fingerprint density at radius 2 is 2.17 bits per heavy atom. The van der Waals surface area contributed by atoms with E-state index in [1.807, 2.05) is 19.3 Å². The summed E-state index contributed by atoms with van der Waals surface area (Å²) in [6, 6.07) is 7.75. The van der Waals surface area contributed by atoms with Crippen LogP contribution in [0, 0.1) is 24.0 Å². The lowest BCUT2D eigenvalue weighted by atomic mass is 9.40. The number of imidazole rings is 1. The lowest BCUT2D eigenvalue weighted by molar-refractivity contribution is 0.630. The van der Waals surface area contributed by atoms with Gasteiger partial charge in [0.2, 0.25) is 0 Å². The second kappa shape index (κ2) is 7.40. The van der Waals surface area contributed by atoms with Crippen LogP contribution in [0.5, 0.6) is 0 Å². The number of nitriles is 1. The van der Waals surface area contributed by atoms with E-state index in [1.165, 1.54) is 0 Å². The van der Waals surface area contributed by atoms with Gasteiger partial charge in [-0.3, -0.25) is 0 Å². The van der Waals surface area contributed by atoms with Gasteiger partial charge in [-0.05, 0) is 43.4 Å². The molecular weight excluding hydrogens is 396 g/mol. The van der Waals surface area contributed by atoms with Crippen LogP contribution in [-0.2, 0) is 0 Å². The largest absolute Gasteiger partial charge is 0.357 e. The number of hydrogen-bond acceptors (Lipinski definition) is 5. The van der Waals surface area contributed by atoms with Crippen molar-refractivity contribution in [2.75, 3.05) is 18.0 Å². The molecule has 4 aromatic heterocycles. The van der Waals surface area contributed by atoms with Gasteiger partial charge < -0.3 is 9.30 Å². The highest BCUT2D eigenvalue weighted by molar-refractivity contribution is 7.21. The first-order valence-electron chi connectivity index (χ1n) is 10.3. The summed E-state index contributed by atoms with van der Waals surface area (Å²) in [5.41, 5.74) is 1.96.